The van der Waals surface area contributed by atoms with Crippen LogP contribution >= 0.6 is 0 Å². The molecular formula is C55H59N5O20. The van der Waals surface area contributed by atoms with Crippen LogP contribution in [0.15, 0.2) is 73.2 Å². The van der Waals surface area contributed by atoms with Crippen LogP contribution in [0, 0.1) is 34.6 Å². The number of carbonyl (C=O) groups excluding carboxylic acids is 4. The number of anilines is 2. The van der Waals surface area contributed by atoms with Gasteiger partial charge in [0.1, 0.15) is 52.0 Å². The molecule has 25 nitrogen and oxygen atoms in total. The van der Waals surface area contributed by atoms with E-state index in [0.717, 1.165) is 6.20 Å². The number of aryl methyl sites for hydroxylation is 4. The Morgan fingerprint density at radius 3 is 1.39 bits per heavy atom. The van der Waals surface area contributed by atoms with Crippen molar-refractivity contribution < 1.29 is 86.3 Å². The standard InChI is InChI=1S/C55H59N5O20/c1-21-12-16-29(57-21)48(67)77-42-38(63)52(79-54(6,7)44(42)71-10)73-31-18-14-26-36(61)34(50(69)75-40(26)24(31)4)59-46(65)28-20-56-33(23(28)3)47(66)60-35-37(62)27-15-19-32(25(5)41(27)76-51(35)70)74-53-39(64)43(45(72-11)55(8,9)80-53)78-49(68)30-17-13-22(2)58-30/h12-20,38-39,42-45,52-53,56-58,63-64,69-70H,1-11H3,(H,59,65)(H,60,66)/t38-,39-,42+,43+,44-,45-,52-,53-/m0/s1. The van der Waals surface area contributed by atoms with E-state index in [9.17, 15) is 49.2 Å². The number of rotatable bonds is 14. The van der Waals surface area contributed by atoms with Crippen molar-refractivity contribution in [2.75, 3.05) is 24.9 Å². The summed E-state index contributed by atoms with van der Waals surface area (Å²) in [6, 6.07) is 11.8. The molecule has 2 aliphatic rings. The van der Waals surface area contributed by atoms with Crippen LogP contribution in [-0.4, -0.2) is 134 Å². The molecule has 9 N–H and O–H groups in total. The SMILES string of the molecule is CO[C@H]1[C@H](OC(=O)c2ccc(C)[nH]2)[C@H](O)[C@@H](Oc2ccc3c(=O)c(NC(=O)c4c[nH]c(C(=O)Nc5c(O)oc6c(C)c(O[C@H]7OC(C)(C)[C@@H](OC)[C@H](OC(=O)c8ccc(C)[nH]8)[C@@H]7O)ccc6c5=O)c4C)c(O)oc3c2C)OC1(C)C. The molecule has 0 radical (unpaired) electrons. The predicted octanol–water partition coefficient (Wildman–Crippen LogP) is 5.57. The van der Waals surface area contributed by atoms with Gasteiger partial charge in [0, 0.05) is 42.9 Å². The molecule has 0 unspecified atom stereocenters. The zero-order valence-corrected chi connectivity index (χ0v) is 45.1. The predicted molar refractivity (Wildman–Crippen MR) is 281 cm³/mol. The third kappa shape index (κ3) is 10.2. The second-order valence-corrected chi connectivity index (χ2v) is 20.5. The number of aliphatic hydroxyl groups excluding tert-OH is 2. The fraction of sp³-hybridized carbons (Fsp3) is 0.382. The van der Waals surface area contributed by atoms with Gasteiger partial charge in [0.05, 0.1) is 27.5 Å². The number of ether oxygens (including phenoxy) is 8. The summed E-state index contributed by atoms with van der Waals surface area (Å²) in [6.07, 6.45) is -9.34. The summed E-state index contributed by atoms with van der Waals surface area (Å²) in [6.45, 7) is 14.6. The maximum Gasteiger partial charge on any atom is 0.355 e. The van der Waals surface area contributed by atoms with E-state index in [1.165, 1.54) is 71.4 Å². The van der Waals surface area contributed by atoms with Crippen LogP contribution < -0.4 is 31.0 Å². The summed E-state index contributed by atoms with van der Waals surface area (Å²) < 4.78 is 58.5. The van der Waals surface area contributed by atoms with Crippen molar-refractivity contribution in [2.45, 2.75) is 123 Å². The van der Waals surface area contributed by atoms with Crippen LogP contribution in [0.3, 0.4) is 0 Å². The van der Waals surface area contributed by atoms with Crippen molar-refractivity contribution in [2.24, 2.45) is 0 Å². The highest BCUT2D eigenvalue weighted by Gasteiger charge is 2.55. The molecule has 0 bridgehead atoms. The first-order valence-corrected chi connectivity index (χ1v) is 25.0. The summed E-state index contributed by atoms with van der Waals surface area (Å²) in [5.41, 5.74) is -3.98. The Bertz CT molecular complexity index is 3480. The smallest absolute Gasteiger partial charge is 0.355 e. The topological polar surface area (TPSA) is 355 Å². The average molecular weight is 1110 g/mol. The maximum absolute atomic E-state index is 13.9. The molecule has 8 atom stereocenters. The summed E-state index contributed by atoms with van der Waals surface area (Å²) in [7, 11) is 2.76. The zero-order valence-electron chi connectivity index (χ0n) is 45.1. The van der Waals surface area contributed by atoms with Crippen LogP contribution in [0.2, 0.25) is 0 Å². The summed E-state index contributed by atoms with van der Waals surface area (Å²) >= 11 is 0. The maximum atomic E-state index is 13.9. The number of carbonyl (C=O) groups is 4. The number of nitrogens with one attached hydrogen (secondary N) is 5. The first-order valence-electron chi connectivity index (χ1n) is 25.0. The highest BCUT2D eigenvalue weighted by Crippen LogP contribution is 2.40. The lowest BCUT2D eigenvalue weighted by Crippen LogP contribution is -2.65. The fourth-order valence-electron chi connectivity index (χ4n) is 10.0. The lowest BCUT2D eigenvalue weighted by Gasteiger charge is -2.47. The second-order valence-electron chi connectivity index (χ2n) is 20.5. The van der Waals surface area contributed by atoms with E-state index in [2.05, 4.69) is 25.6 Å². The molecule has 2 fully saturated rings. The van der Waals surface area contributed by atoms with E-state index in [4.69, 9.17) is 46.7 Å². The fourth-order valence-corrected chi connectivity index (χ4v) is 10.0. The summed E-state index contributed by atoms with van der Waals surface area (Å²) in [4.78, 5) is 89.8. The van der Waals surface area contributed by atoms with E-state index in [1.54, 1.807) is 53.7 Å². The third-order valence-electron chi connectivity index (χ3n) is 14.2. The Hall–Kier alpha value is -8.46. The molecular weight excluding hydrogens is 1050 g/mol. The largest absolute Gasteiger partial charge is 0.479 e. The van der Waals surface area contributed by atoms with Gasteiger partial charge in [-0.2, -0.15) is 0 Å². The van der Waals surface area contributed by atoms with E-state index in [0.29, 0.717) is 11.4 Å². The second kappa shape index (κ2) is 21.3. The Kier molecular flexibility index (Phi) is 15.0. The zero-order chi connectivity index (χ0) is 58.0. The van der Waals surface area contributed by atoms with Crippen LogP contribution in [0.25, 0.3) is 21.9 Å². The van der Waals surface area contributed by atoms with Gasteiger partial charge in [-0.05, 0) is 116 Å². The molecule has 5 aromatic heterocycles. The minimum absolute atomic E-state index is 0.0247. The molecule has 80 heavy (non-hydrogen) atoms. The van der Waals surface area contributed by atoms with Gasteiger partial charge in [-0.25, -0.2) is 9.59 Å². The Labute approximate surface area is 454 Å². The number of hydrogen-bond acceptors (Lipinski definition) is 20. The van der Waals surface area contributed by atoms with Gasteiger partial charge in [0.25, 0.3) is 11.8 Å². The summed E-state index contributed by atoms with van der Waals surface area (Å²) in [5.74, 6) is -5.33. The van der Waals surface area contributed by atoms with Crippen LogP contribution in [0.1, 0.15) is 97.6 Å². The number of aromatic amines is 3. The lowest BCUT2D eigenvalue weighted by atomic mass is 9.89. The Morgan fingerprint density at radius 2 is 1.00 bits per heavy atom. The number of aromatic hydroxyl groups is 2. The molecule has 2 saturated heterocycles. The average Bonchev–Trinajstić information content (AvgIpc) is 4.18. The van der Waals surface area contributed by atoms with Gasteiger partial charge < -0.3 is 92.7 Å². The molecule has 2 aromatic carbocycles. The van der Waals surface area contributed by atoms with Crippen LogP contribution in [0.5, 0.6) is 23.4 Å². The van der Waals surface area contributed by atoms with Crippen molar-refractivity contribution in [3.05, 3.63) is 126 Å². The highest BCUT2D eigenvalue weighted by atomic mass is 16.7. The number of fused-ring (bicyclic) bond motifs is 2. The molecule has 25 heteroatoms. The van der Waals surface area contributed by atoms with Gasteiger partial charge in [0.2, 0.25) is 23.4 Å². The molecule has 9 rings (SSSR count). The number of hydrogen-bond donors (Lipinski definition) is 9. The van der Waals surface area contributed by atoms with E-state index >= 15 is 0 Å². The van der Waals surface area contributed by atoms with Crippen molar-refractivity contribution in [3.8, 4) is 23.4 Å². The molecule has 7 aromatic rings. The number of aromatic nitrogens is 3. The normalized spacial score (nSPS) is 22.4. The number of benzene rings is 2. The third-order valence-corrected chi connectivity index (χ3v) is 14.2. The Balaban J connectivity index is 0.890. The van der Waals surface area contributed by atoms with Gasteiger partial charge in [-0.15, -0.1) is 0 Å². The van der Waals surface area contributed by atoms with E-state index in [-0.39, 0.29) is 72.8 Å². The van der Waals surface area contributed by atoms with Crippen molar-refractivity contribution in [3.63, 3.8) is 0 Å². The monoisotopic (exact) mass is 1110 g/mol. The minimum atomic E-state index is -1.59. The number of amides is 2. The molecule has 7 heterocycles. The number of methoxy groups -OCH3 is 2. The molecule has 2 aliphatic heterocycles. The minimum Gasteiger partial charge on any atom is -0.479 e. The van der Waals surface area contributed by atoms with E-state index in [1.807, 2.05) is 0 Å². The number of H-pyrrole nitrogens is 3. The lowest BCUT2D eigenvalue weighted by molar-refractivity contribution is -0.305. The quantitative estimate of drug-likeness (QED) is 0.0601. The molecule has 0 aliphatic carbocycles. The summed E-state index contributed by atoms with van der Waals surface area (Å²) in [5, 5.41) is 49.5. The molecule has 0 spiro atoms. The number of aliphatic hydroxyl groups is 2. The van der Waals surface area contributed by atoms with E-state index < -0.39 is 118 Å². The molecule has 2 amide bonds. The van der Waals surface area contributed by atoms with Gasteiger partial charge >= 0.3 is 23.8 Å². The van der Waals surface area contributed by atoms with Gasteiger partial charge in [-0.3, -0.25) is 19.2 Å². The highest BCUT2D eigenvalue weighted by molar-refractivity contribution is 6.11. The molecule has 0 saturated carbocycles. The van der Waals surface area contributed by atoms with Crippen LogP contribution in [-0.2, 0) is 28.4 Å². The van der Waals surface area contributed by atoms with Crippen molar-refractivity contribution in [1.82, 2.24) is 15.0 Å². The molecule has 424 valence electrons. The Morgan fingerprint density at radius 1 is 0.588 bits per heavy atom. The first kappa shape index (κ1) is 56.3. The van der Waals surface area contributed by atoms with Crippen molar-refractivity contribution in [1.29, 1.82) is 0 Å². The van der Waals surface area contributed by atoms with Gasteiger partial charge in [-0.1, -0.05) is 0 Å². The van der Waals surface area contributed by atoms with Crippen LogP contribution in [0.4, 0.5) is 11.4 Å². The first-order chi connectivity index (χ1) is 37.7. The van der Waals surface area contributed by atoms with Crippen molar-refractivity contribution >= 4 is 57.1 Å². The van der Waals surface area contributed by atoms with Gasteiger partial charge in [0.15, 0.2) is 35.8 Å². The number of esters is 2.